The third kappa shape index (κ3) is 7.00. The van der Waals surface area contributed by atoms with E-state index in [-0.39, 0.29) is 17.3 Å². The molecule has 3 aromatic carbocycles. The van der Waals surface area contributed by atoms with Crippen molar-refractivity contribution < 1.29 is 13.2 Å². The molecule has 3 rings (SSSR count). The summed E-state index contributed by atoms with van der Waals surface area (Å²) in [5.41, 5.74) is 3.85. The van der Waals surface area contributed by atoms with Crippen molar-refractivity contribution in [2.24, 2.45) is 0 Å². The predicted octanol–water partition coefficient (Wildman–Crippen LogP) is 5.20. The summed E-state index contributed by atoms with van der Waals surface area (Å²) in [6.07, 6.45) is 0. The van der Waals surface area contributed by atoms with E-state index in [0.29, 0.717) is 17.3 Å². The van der Waals surface area contributed by atoms with E-state index in [9.17, 15) is 13.2 Å². The zero-order chi connectivity index (χ0) is 23.8. The summed E-state index contributed by atoms with van der Waals surface area (Å²) in [6.45, 7) is 4.10. The fourth-order valence-corrected chi connectivity index (χ4v) is 5.64. The van der Waals surface area contributed by atoms with Crippen LogP contribution in [0.1, 0.15) is 16.7 Å². The molecular formula is C25H27ClN2O3S2. The summed E-state index contributed by atoms with van der Waals surface area (Å²) < 4.78 is 27.8. The molecule has 8 heteroatoms. The number of sulfonamides is 1. The Bertz CT molecular complexity index is 1180. The summed E-state index contributed by atoms with van der Waals surface area (Å²) >= 11 is 7.70. The summed E-state index contributed by atoms with van der Waals surface area (Å²) in [4.78, 5) is 12.8. The second kappa shape index (κ2) is 11.6. The van der Waals surface area contributed by atoms with Gasteiger partial charge in [0.05, 0.1) is 10.6 Å². The molecule has 5 nitrogen and oxygen atoms in total. The monoisotopic (exact) mass is 502 g/mol. The molecule has 0 bridgehead atoms. The Labute approximate surface area is 205 Å². The topological polar surface area (TPSA) is 66.5 Å². The number of carbonyl (C=O) groups excluding carboxylic acids is 1. The summed E-state index contributed by atoms with van der Waals surface area (Å²) in [5, 5.41) is 3.32. The molecule has 0 aliphatic rings. The second-order valence-corrected chi connectivity index (χ2v) is 11.0. The number of nitrogens with one attached hydrogen (secondary N) is 1. The van der Waals surface area contributed by atoms with Gasteiger partial charge in [-0.25, -0.2) is 8.42 Å². The molecule has 0 fully saturated rings. The number of nitrogens with zero attached hydrogens (tertiary/aromatic N) is 1. The average molecular weight is 503 g/mol. The van der Waals surface area contributed by atoms with Gasteiger partial charge in [0.1, 0.15) is 6.54 Å². The van der Waals surface area contributed by atoms with Crippen molar-refractivity contribution in [3.05, 3.63) is 94.5 Å². The number of rotatable bonds is 10. The maximum Gasteiger partial charge on any atom is 0.264 e. The fraction of sp³-hybridized carbons (Fsp3) is 0.240. The Balaban J connectivity index is 1.64. The minimum absolute atomic E-state index is 0.129. The normalized spacial score (nSPS) is 11.2. The summed E-state index contributed by atoms with van der Waals surface area (Å²) in [7, 11) is -3.93. The van der Waals surface area contributed by atoms with Crippen molar-refractivity contribution in [2.75, 3.05) is 23.1 Å². The molecule has 0 aliphatic heterocycles. The van der Waals surface area contributed by atoms with E-state index in [0.717, 1.165) is 21.4 Å². The SMILES string of the molecule is Cc1ccc(S(=O)(=O)N(CC(=O)NCCSCc2ccccc2C)c2ccc(Cl)cc2)cc1. The van der Waals surface area contributed by atoms with Crippen molar-refractivity contribution in [1.82, 2.24) is 5.32 Å². The van der Waals surface area contributed by atoms with Gasteiger partial charge in [-0.3, -0.25) is 9.10 Å². The van der Waals surface area contributed by atoms with Crippen molar-refractivity contribution in [3.63, 3.8) is 0 Å². The van der Waals surface area contributed by atoms with Crippen LogP contribution in [-0.4, -0.2) is 33.2 Å². The Hall–Kier alpha value is -2.48. The quantitative estimate of drug-likeness (QED) is 0.387. The highest BCUT2D eigenvalue weighted by atomic mass is 35.5. The van der Waals surface area contributed by atoms with Crippen LogP contribution in [0.4, 0.5) is 5.69 Å². The van der Waals surface area contributed by atoms with Gasteiger partial charge in [-0.05, 0) is 61.4 Å². The van der Waals surface area contributed by atoms with Gasteiger partial charge < -0.3 is 5.32 Å². The van der Waals surface area contributed by atoms with E-state index in [4.69, 9.17) is 11.6 Å². The lowest BCUT2D eigenvalue weighted by molar-refractivity contribution is -0.119. The number of amides is 1. The van der Waals surface area contributed by atoms with E-state index in [1.54, 1.807) is 60.3 Å². The van der Waals surface area contributed by atoms with E-state index in [2.05, 4.69) is 24.4 Å². The second-order valence-electron chi connectivity index (χ2n) is 7.63. The van der Waals surface area contributed by atoms with Gasteiger partial charge in [0.2, 0.25) is 5.91 Å². The van der Waals surface area contributed by atoms with Gasteiger partial charge in [0.25, 0.3) is 10.0 Å². The van der Waals surface area contributed by atoms with Gasteiger partial charge in [0.15, 0.2) is 0 Å². The Morgan fingerprint density at radius 1 is 0.970 bits per heavy atom. The van der Waals surface area contributed by atoms with Crippen LogP contribution in [0.15, 0.2) is 77.7 Å². The number of hydrogen-bond donors (Lipinski definition) is 1. The highest BCUT2D eigenvalue weighted by Crippen LogP contribution is 2.25. The first-order chi connectivity index (χ1) is 15.8. The van der Waals surface area contributed by atoms with Crippen LogP contribution in [0.3, 0.4) is 0 Å². The first-order valence-electron chi connectivity index (χ1n) is 10.5. The smallest absolute Gasteiger partial charge is 0.264 e. The number of hydrogen-bond acceptors (Lipinski definition) is 4. The molecule has 3 aromatic rings. The molecule has 0 saturated heterocycles. The highest BCUT2D eigenvalue weighted by Gasteiger charge is 2.27. The minimum atomic E-state index is -3.93. The fourth-order valence-electron chi connectivity index (χ4n) is 3.16. The summed E-state index contributed by atoms with van der Waals surface area (Å²) in [5.74, 6) is 1.23. The molecule has 0 saturated carbocycles. The van der Waals surface area contributed by atoms with Gasteiger partial charge in [-0.15, -0.1) is 0 Å². The van der Waals surface area contributed by atoms with Gasteiger partial charge in [-0.2, -0.15) is 11.8 Å². The molecule has 1 amide bonds. The summed E-state index contributed by atoms with van der Waals surface area (Å²) in [6, 6.07) is 21.2. The van der Waals surface area contributed by atoms with E-state index in [1.807, 2.05) is 19.1 Å². The van der Waals surface area contributed by atoms with Crippen molar-refractivity contribution in [3.8, 4) is 0 Å². The van der Waals surface area contributed by atoms with Crippen LogP contribution in [-0.2, 0) is 20.6 Å². The molecule has 0 aromatic heterocycles. The number of halogens is 1. The zero-order valence-corrected chi connectivity index (χ0v) is 21.0. The maximum atomic E-state index is 13.3. The van der Waals surface area contributed by atoms with Gasteiger partial charge in [-0.1, -0.05) is 53.6 Å². The molecule has 0 spiro atoms. The molecular weight excluding hydrogens is 476 g/mol. The first kappa shape index (κ1) is 25.1. The van der Waals surface area contributed by atoms with Gasteiger partial charge >= 0.3 is 0 Å². The van der Waals surface area contributed by atoms with Gasteiger partial charge in [0, 0.05) is 23.1 Å². The van der Waals surface area contributed by atoms with Crippen LogP contribution < -0.4 is 9.62 Å². The predicted molar refractivity (Wildman–Crippen MR) is 138 cm³/mol. The molecule has 0 unspecified atom stereocenters. The maximum absolute atomic E-state index is 13.3. The Kier molecular flexibility index (Phi) is 8.83. The molecule has 1 N–H and O–H groups in total. The van der Waals surface area contributed by atoms with E-state index >= 15 is 0 Å². The third-order valence-corrected chi connectivity index (χ3v) is 8.15. The number of carbonyl (C=O) groups is 1. The number of thioether (sulfide) groups is 1. The van der Waals surface area contributed by atoms with Crippen LogP contribution in [0.25, 0.3) is 0 Å². The van der Waals surface area contributed by atoms with Crippen molar-refractivity contribution in [1.29, 1.82) is 0 Å². The zero-order valence-electron chi connectivity index (χ0n) is 18.6. The molecule has 174 valence electrons. The number of aryl methyl sites for hydroxylation is 2. The van der Waals surface area contributed by atoms with E-state index in [1.165, 1.54) is 11.1 Å². The van der Waals surface area contributed by atoms with Crippen molar-refractivity contribution in [2.45, 2.75) is 24.5 Å². The van der Waals surface area contributed by atoms with Crippen LogP contribution in [0.2, 0.25) is 5.02 Å². The number of benzene rings is 3. The van der Waals surface area contributed by atoms with Crippen molar-refractivity contribution >= 4 is 45.0 Å². The first-order valence-corrected chi connectivity index (χ1v) is 13.5. The van der Waals surface area contributed by atoms with E-state index < -0.39 is 10.0 Å². The third-order valence-electron chi connectivity index (χ3n) is 5.10. The lowest BCUT2D eigenvalue weighted by Crippen LogP contribution is -2.41. The Morgan fingerprint density at radius 3 is 2.30 bits per heavy atom. The lowest BCUT2D eigenvalue weighted by atomic mass is 10.1. The molecule has 0 atom stereocenters. The lowest BCUT2D eigenvalue weighted by Gasteiger charge is -2.24. The molecule has 0 aliphatic carbocycles. The van der Waals surface area contributed by atoms with Crippen LogP contribution >= 0.6 is 23.4 Å². The minimum Gasteiger partial charge on any atom is -0.354 e. The molecule has 0 radical (unpaired) electrons. The molecule has 0 heterocycles. The highest BCUT2D eigenvalue weighted by molar-refractivity contribution is 7.98. The average Bonchev–Trinajstić information content (AvgIpc) is 2.79. The Morgan fingerprint density at radius 2 is 1.64 bits per heavy atom. The number of anilines is 1. The standard InChI is InChI=1S/C25H27ClN2O3S2/c1-19-7-13-24(14-8-19)33(30,31)28(23-11-9-22(26)10-12-23)17-25(29)27-15-16-32-18-21-6-4-3-5-20(21)2/h3-14H,15-18H2,1-2H3,(H,27,29). The largest absolute Gasteiger partial charge is 0.354 e. The van der Waals surface area contributed by atoms with Crippen LogP contribution in [0.5, 0.6) is 0 Å². The van der Waals surface area contributed by atoms with Crippen LogP contribution in [0, 0.1) is 13.8 Å². The molecule has 33 heavy (non-hydrogen) atoms.